The van der Waals surface area contributed by atoms with Crippen molar-refractivity contribution in [2.75, 3.05) is 6.54 Å². The molecule has 4 rings (SSSR count). The zero-order valence-electron chi connectivity index (χ0n) is 17.8. The van der Waals surface area contributed by atoms with Crippen molar-refractivity contribution in [3.05, 3.63) is 59.5 Å². The second-order valence-electron chi connectivity index (χ2n) is 8.28. The Bertz CT molecular complexity index is 1000. The SMILES string of the molecule is Cc1nnc(-c2ccc(C)c(-c3ccc(C(=O)NCCC4CCCCC4)cc3)c2)o1. The molecule has 2 aromatic carbocycles. The van der Waals surface area contributed by atoms with Gasteiger partial charge >= 0.3 is 0 Å². The molecule has 1 N–H and O–H groups in total. The Balaban J connectivity index is 1.42. The smallest absolute Gasteiger partial charge is 0.251 e. The number of aryl methyl sites for hydroxylation is 2. The fraction of sp³-hybridized carbons (Fsp3) is 0.400. The molecule has 1 fully saturated rings. The van der Waals surface area contributed by atoms with E-state index in [1.54, 1.807) is 6.92 Å². The summed E-state index contributed by atoms with van der Waals surface area (Å²) in [4.78, 5) is 12.5. The molecule has 1 aliphatic carbocycles. The minimum atomic E-state index is 0.00386. The van der Waals surface area contributed by atoms with Gasteiger partial charge in [0, 0.05) is 24.6 Å². The molecule has 1 aromatic heterocycles. The van der Waals surface area contributed by atoms with Crippen molar-refractivity contribution in [2.24, 2.45) is 5.92 Å². The summed E-state index contributed by atoms with van der Waals surface area (Å²) in [5.41, 5.74) is 4.89. The van der Waals surface area contributed by atoms with Crippen molar-refractivity contribution < 1.29 is 9.21 Å². The van der Waals surface area contributed by atoms with E-state index in [2.05, 4.69) is 34.6 Å². The highest BCUT2D eigenvalue weighted by Gasteiger charge is 2.14. The number of nitrogens with one attached hydrogen (secondary N) is 1. The van der Waals surface area contributed by atoms with Crippen LogP contribution >= 0.6 is 0 Å². The highest BCUT2D eigenvalue weighted by atomic mass is 16.4. The highest BCUT2D eigenvalue weighted by Crippen LogP contribution is 2.29. The lowest BCUT2D eigenvalue weighted by Gasteiger charge is -2.21. The Morgan fingerprint density at radius 1 is 1.00 bits per heavy atom. The molecule has 5 heteroatoms. The molecule has 5 nitrogen and oxygen atoms in total. The van der Waals surface area contributed by atoms with E-state index in [4.69, 9.17) is 4.42 Å². The van der Waals surface area contributed by atoms with Crippen LogP contribution in [-0.2, 0) is 0 Å². The molecule has 3 aromatic rings. The fourth-order valence-electron chi connectivity index (χ4n) is 4.25. The molecule has 0 radical (unpaired) electrons. The molecule has 1 heterocycles. The van der Waals surface area contributed by atoms with E-state index >= 15 is 0 Å². The molecule has 0 saturated heterocycles. The second-order valence-corrected chi connectivity index (χ2v) is 8.28. The van der Waals surface area contributed by atoms with Gasteiger partial charge < -0.3 is 9.73 Å². The number of benzene rings is 2. The zero-order chi connectivity index (χ0) is 20.9. The summed E-state index contributed by atoms with van der Waals surface area (Å²) in [5.74, 6) is 1.84. The van der Waals surface area contributed by atoms with E-state index in [9.17, 15) is 4.79 Å². The third kappa shape index (κ3) is 4.78. The Hall–Kier alpha value is -2.95. The van der Waals surface area contributed by atoms with Crippen LogP contribution in [0.25, 0.3) is 22.6 Å². The van der Waals surface area contributed by atoms with E-state index in [-0.39, 0.29) is 5.91 Å². The summed E-state index contributed by atoms with van der Waals surface area (Å²) in [6.07, 6.45) is 7.76. The first-order valence-corrected chi connectivity index (χ1v) is 10.9. The minimum Gasteiger partial charge on any atom is -0.421 e. The van der Waals surface area contributed by atoms with Crippen LogP contribution in [0.15, 0.2) is 46.9 Å². The van der Waals surface area contributed by atoms with Crippen molar-refractivity contribution in [3.8, 4) is 22.6 Å². The third-order valence-electron chi connectivity index (χ3n) is 6.03. The maximum absolute atomic E-state index is 12.5. The van der Waals surface area contributed by atoms with Gasteiger partial charge in [0.15, 0.2) is 0 Å². The van der Waals surface area contributed by atoms with Crippen LogP contribution in [0.1, 0.15) is 60.3 Å². The predicted octanol–water partition coefficient (Wildman–Crippen LogP) is 5.72. The van der Waals surface area contributed by atoms with Gasteiger partial charge in [-0.3, -0.25) is 4.79 Å². The van der Waals surface area contributed by atoms with Gasteiger partial charge in [-0.15, -0.1) is 10.2 Å². The Labute approximate surface area is 177 Å². The maximum Gasteiger partial charge on any atom is 0.251 e. The number of aromatic nitrogens is 2. The average molecular weight is 404 g/mol. The zero-order valence-corrected chi connectivity index (χ0v) is 17.8. The fourth-order valence-corrected chi connectivity index (χ4v) is 4.25. The number of amides is 1. The molecule has 1 amide bonds. The Morgan fingerprint density at radius 2 is 1.73 bits per heavy atom. The number of hydrogen-bond donors (Lipinski definition) is 1. The molecule has 0 aliphatic heterocycles. The van der Waals surface area contributed by atoms with E-state index in [1.165, 1.54) is 32.1 Å². The van der Waals surface area contributed by atoms with Gasteiger partial charge in [0.25, 0.3) is 5.91 Å². The predicted molar refractivity (Wildman–Crippen MR) is 118 cm³/mol. The molecule has 156 valence electrons. The van der Waals surface area contributed by atoms with E-state index < -0.39 is 0 Å². The number of nitrogens with zero attached hydrogens (tertiary/aromatic N) is 2. The average Bonchev–Trinajstić information content (AvgIpc) is 3.21. The van der Waals surface area contributed by atoms with Gasteiger partial charge in [-0.1, -0.05) is 50.3 Å². The van der Waals surface area contributed by atoms with Crippen molar-refractivity contribution in [1.29, 1.82) is 0 Å². The molecule has 0 atom stereocenters. The topological polar surface area (TPSA) is 68.0 Å². The number of hydrogen-bond acceptors (Lipinski definition) is 4. The first kappa shape index (κ1) is 20.3. The lowest BCUT2D eigenvalue weighted by atomic mass is 9.87. The summed E-state index contributed by atoms with van der Waals surface area (Å²) in [6, 6.07) is 13.9. The number of carbonyl (C=O) groups is 1. The Morgan fingerprint density at radius 3 is 2.43 bits per heavy atom. The largest absolute Gasteiger partial charge is 0.421 e. The van der Waals surface area contributed by atoms with E-state index in [1.807, 2.05) is 30.3 Å². The molecule has 1 saturated carbocycles. The Kier molecular flexibility index (Phi) is 6.26. The quantitative estimate of drug-likeness (QED) is 0.571. The monoisotopic (exact) mass is 403 g/mol. The van der Waals surface area contributed by atoms with Crippen LogP contribution in [0.3, 0.4) is 0 Å². The lowest BCUT2D eigenvalue weighted by molar-refractivity contribution is 0.0950. The number of carbonyl (C=O) groups excluding carboxylic acids is 1. The van der Waals surface area contributed by atoms with Gasteiger partial charge in [0.1, 0.15) is 0 Å². The molecule has 30 heavy (non-hydrogen) atoms. The summed E-state index contributed by atoms with van der Waals surface area (Å²) in [7, 11) is 0. The van der Waals surface area contributed by atoms with Crippen molar-refractivity contribution in [3.63, 3.8) is 0 Å². The van der Waals surface area contributed by atoms with E-state index in [0.29, 0.717) is 17.3 Å². The minimum absolute atomic E-state index is 0.00386. The van der Waals surface area contributed by atoms with E-state index in [0.717, 1.165) is 41.1 Å². The molecular weight excluding hydrogens is 374 g/mol. The summed E-state index contributed by atoms with van der Waals surface area (Å²) >= 11 is 0. The first-order valence-electron chi connectivity index (χ1n) is 10.9. The van der Waals surface area contributed by atoms with Crippen molar-refractivity contribution in [1.82, 2.24) is 15.5 Å². The maximum atomic E-state index is 12.5. The summed E-state index contributed by atoms with van der Waals surface area (Å²) in [6.45, 7) is 4.62. The van der Waals surface area contributed by atoms with Gasteiger partial charge in [-0.05, 0) is 60.2 Å². The normalized spacial score (nSPS) is 14.6. The molecular formula is C25H29N3O2. The first-order chi connectivity index (χ1) is 14.6. The van der Waals surface area contributed by atoms with Crippen LogP contribution in [0.2, 0.25) is 0 Å². The summed E-state index contributed by atoms with van der Waals surface area (Å²) in [5, 5.41) is 11.1. The van der Waals surface area contributed by atoms with Crippen molar-refractivity contribution in [2.45, 2.75) is 52.4 Å². The van der Waals surface area contributed by atoms with Crippen LogP contribution in [0, 0.1) is 19.8 Å². The van der Waals surface area contributed by atoms with Gasteiger partial charge in [0.05, 0.1) is 0 Å². The summed E-state index contributed by atoms with van der Waals surface area (Å²) < 4.78 is 5.56. The molecule has 1 aliphatic rings. The van der Waals surface area contributed by atoms with Crippen molar-refractivity contribution >= 4 is 5.91 Å². The van der Waals surface area contributed by atoms with Gasteiger partial charge in [-0.2, -0.15) is 0 Å². The molecule has 0 spiro atoms. The van der Waals surface area contributed by atoms with Crippen LogP contribution in [0.4, 0.5) is 0 Å². The van der Waals surface area contributed by atoms with Crippen LogP contribution in [0.5, 0.6) is 0 Å². The molecule has 0 bridgehead atoms. The van der Waals surface area contributed by atoms with Crippen LogP contribution < -0.4 is 5.32 Å². The standard InChI is InChI=1S/C25H29N3O2/c1-17-8-9-22(25-28-27-18(2)30-25)16-23(17)20-10-12-21(13-11-20)24(29)26-15-14-19-6-4-3-5-7-19/h8-13,16,19H,3-7,14-15H2,1-2H3,(H,26,29). The highest BCUT2D eigenvalue weighted by molar-refractivity contribution is 5.94. The third-order valence-corrected chi connectivity index (χ3v) is 6.03. The lowest BCUT2D eigenvalue weighted by Crippen LogP contribution is -2.26. The van der Waals surface area contributed by atoms with Gasteiger partial charge in [0.2, 0.25) is 11.8 Å². The molecule has 0 unspecified atom stereocenters. The number of rotatable bonds is 6. The second kappa shape index (κ2) is 9.24. The van der Waals surface area contributed by atoms with Gasteiger partial charge in [-0.25, -0.2) is 0 Å². The van der Waals surface area contributed by atoms with Crippen LogP contribution in [-0.4, -0.2) is 22.6 Å².